The van der Waals surface area contributed by atoms with Gasteiger partial charge in [-0.25, -0.2) is 0 Å². The van der Waals surface area contributed by atoms with Crippen LogP contribution in [0.1, 0.15) is 21.5 Å². The lowest BCUT2D eigenvalue weighted by molar-refractivity contribution is -0.138. The van der Waals surface area contributed by atoms with Gasteiger partial charge in [-0.2, -0.15) is 0 Å². The third-order valence-electron chi connectivity index (χ3n) is 5.25. The maximum atomic E-state index is 12.8. The first-order chi connectivity index (χ1) is 16.0. The third kappa shape index (κ3) is 5.30. The number of anilines is 1. The van der Waals surface area contributed by atoms with Gasteiger partial charge in [0.15, 0.2) is 0 Å². The van der Waals surface area contributed by atoms with Gasteiger partial charge in [-0.15, -0.1) is 0 Å². The Morgan fingerprint density at radius 1 is 0.788 bits per heavy atom. The van der Waals surface area contributed by atoms with Crippen molar-refractivity contribution in [2.75, 3.05) is 11.9 Å². The number of carbonyl (C=O) groups excluding carboxylic acids is 3. The zero-order valence-electron chi connectivity index (χ0n) is 17.8. The van der Waals surface area contributed by atoms with E-state index in [9.17, 15) is 14.4 Å². The lowest BCUT2D eigenvalue weighted by Crippen LogP contribution is -2.31. The third-order valence-corrected chi connectivity index (χ3v) is 5.60. The summed E-state index contributed by atoms with van der Waals surface area (Å²) >= 11 is 6.16. The summed E-state index contributed by atoms with van der Waals surface area (Å²) in [5, 5.41) is 5.66. The van der Waals surface area contributed by atoms with Crippen molar-refractivity contribution in [3.05, 3.63) is 112 Å². The van der Waals surface area contributed by atoms with Crippen LogP contribution in [-0.2, 0) is 22.6 Å². The second kappa shape index (κ2) is 10.1. The second-order valence-electron chi connectivity index (χ2n) is 7.56. The van der Waals surface area contributed by atoms with Crippen molar-refractivity contribution in [2.45, 2.75) is 13.0 Å². The van der Waals surface area contributed by atoms with Crippen molar-refractivity contribution in [2.24, 2.45) is 0 Å². The summed E-state index contributed by atoms with van der Waals surface area (Å²) in [7, 11) is 0. The highest BCUT2D eigenvalue weighted by molar-refractivity contribution is 6.48. The van der Waals surface area contributed by atoms with Crippen molar-refractivity contribution in [3.8, 4) is 0 Å². The van der Waals surface area contributed by atoms with Crippen LogP contribution < -0.4 is 10.6 Å². The Morgan fingerprint density at radius 2 is 1.39 bits per heavy atom. The van der Waals surface area contributed by atoms with Crippen molar-refractivity contribution >= 4 is 35.0 Å². The number of benzene rings is 3. The molecule has 0 radical (unpaired) electrons. The number of amides is 3. The van der Waals surface area contributed by atoms with Crippen molar-refractivity contribution < 1.29 is 14.4 Å². The number of carbonyl (C=O) groups is 3. The Labute approximate surface area is 196 Å². The molecule has 166 valence electrons. The van der Waals surface area contributed by atoms with E-state index >= 15 is 0 Å². The highest BCUT2D eigenvalue weighted by Crippen LogP contribution is 2.27. The van der Waals surface area contributed by atoms with Gasteiger partial charge < -0.3 is 10.6 Å². The Hall–Kier alpha value is -3.90. The van der Waals surface area contributed by atoms with Gasteiger partial charge in [-0.3, -0.25) is 19.3 Å². The average molecular weight is 460 g/mol. The Morgan fingerprint density at radius 3 is 2.03 bits per heavy atom. The van der Waals surface area contributed by atoms with Gasteiger partial charge in [0.1, 0.15) is 10.7 Å². The van der Waals surface area contributed by atoms with E-state index < -0.39 is 11.8 Å². The minimum atomic E-state index is -0.539. The average Bonchev–Trinajstić information content (AvgIpc) is 3.04. The summed E-state index contributed by atoms with van der Waals surface area (Å²) in [4.78, 5) is 38.8. The molecule has 3 amide bonds. The maximum Gasteiger partial charge on any atom is 0.279 e. The fourth-order valence-corrected chi connectivity index (χ4v) is 3.71. The lowest BCUT2D eigenvalue weighted by Gasteiger charge is -2.15. The van der Waals surface area contributed by atoms with Crippen LogP contribution in [0.15, 0.2) is 95.7 Å². The summed E-state index contributed by atoms with van der Waals surface area (Å²) in [5.41, 5.74) is 3.05. The zero-order chi connectivity index (χ0) is 23.2. The Balaban J connectivity index is 1.35. The molecule has 4 rings (SSSR count). The van der Waals surface area contributed by atoms with E-state index in [0.717, 1.165) is 22.4 Å². The fourth-order valence-electron chi connectivity index (χ4n) is 3.48. The number of imide groups is 1. The van der Waals surface area contributed by atoms with E-state index in [4.69, 9.17) is 11.6 Å². The normalized spacial score (nSPS) is 13.4. The molecule has 1 aliphatic rings. The molecule has 0 atom stereocenters. The Kier molecular flexibility index (Phi) is 6.86. The van der Waals surface area contributed by atoms with Crippen molar-refractivity contribution in [1.82, 2.24) is 10.2 Å². The molecule has 3 aromatic carbocycles. The molecule has 1 heterocycles. The molecule has 0 aromatic heterocycles. The summed E-state index contributed by atoms with van der Waals surface area (Å²) in [6, 6.07) is 25.8. The van der Waals surface area contributed by atoms with Gasteiger partial charge >= 0.3 is 0 Å². The molecule has 7 heteroatoms. The standard InChI is InChI=1S/C26H22ClN3O3/c27-22-23(26(33)30(25(22)32)17-19-9-5-2-6-10-19)29-21-13-11-20(12-14-21)24(31)28-16-15-18-7-3-1-4-8-18/h1-14,29H,15-17H2,(H,28,31). The van der Waals surface area contributed by atoms with Crippen LogP contribution >= 0.6 is 11.6 Å². The monoisotopic (exact) mass is 459 g/mol. The summed E-state index contributed by atoms with van der Waals surface area (Å²) in [5.74, 6) is -1.21. The molecule has 1 aliphatic heterocycles. The van der Waals surface area contributed by atoms with E-state index in [-0.39, 0.29) is 23.2 Å². The van der Waals surface area contributed by atoms with Crippen LogP contribution in [-0.4, -0.2) is 29.2 Å². The van der Waals surface area contributed by atoms with Crippen LogP contribution in [0.3, 0.4) is 0 Å². The molecule has 3 aromatic rings. The molecular weight excluding hydrogens is 438 g/mol. The summed E-state index contributed by atoms with van der Waals surface area (Å²) < 4.78 is 0. The van der Waals surface area contributed by atoms with Gasteiger partial charge in [-0.05, 0) is 41.8 Å². The summed E-state index contributed by atoms with van der Waals surface area (Å²) in [6.45, 7) is 0.668. The van der Waals surface area contributed by atoms with Crippen LogP contribution in [0.4, 0.5) is 5.69 Å². The minimum Gasteiger partial charge on any atom is -0.352 e. The number of nitrogens with zero attached hydrogens (tertiary/aromatic N) is 1. The largest absolute Gasteiger partial charge is 0.352 e. The first-order valence-corrected chi connectivity index (χ1v) is 10.9. The number of halogens is 1. The molecule has 33 heavy (non-hydrogen) atoms. The Bertz CT molecular complexity index is 1190. The molecule has 0 bridgehead atoms. The molecule has 2 N–H and O–H groups in total. The maximum absolute atomic E-state index is 12.8. The SMILES string of the molecule is O=C(NCCc1ccccc1)c1ccc(NC2=C(Cl)C(=O)N(Cc3ccccc3)C2=O)cc1. The van der Waals surface area contributed by atoms with Crippen LogP contribution in [0, 0.1) is 0 Å². The topological polar surface area (TPSA) is 78.5 Å². The summed E-state index contributed by atoms with van der Waals surface area (Å²) in [6.07, 6.45) is 0.745. The van der Waals surface area contributed by atoms with E-state index in [1.54, 1.807) is 24.3 Å². The molecular formula is C26H22ClN3O3. The predicted octanol–water partition coefficient (Wildman–Crippen LogP) is 4.09. The van der Waals surface area contributed by atoms with Gasteiger partial charge in [0.25, 0.3) is 17.7 Å². The van der Waals surface area contributed by atoms with Gasteiger partial charge in [0.2, 0.25) is 0 Å². The van der Waals surface area contributed by atoms with Gasteiger partial charge in [0, 0.05) is 17.8 Å². The van der Waals surface area contributed by atoms with Crippen molar-refractivity contribution in [1.29, 1.82) is 0 Å². The molecule has 0 saturated carbocycles. The van der Waals surface area contributed by atoms with Gasteiger partial charge in [-0.1, -0.05) is 72.3 Å². The van der Waals surface area contributed by atoms with E-state index in [1.807, 2.05) is 60.7 Å². The van der Waals surface area contributed by atoms with Crippen molar-refractivity contribution in [3.63, 3.8) is 0 Å². The zero-order valence-corrected chi connectivity index (χ0v) is 18.5. The lowest BCUT2D eigenvalue weighted by atomic mass is 10.1. The fraction of sp³-hybridized carbons (Fsp3) is 0.115. The number of hydrogen-bond acceptors (Lipinski definition) is 4. The van der Waals surface area contributed by atoms with E-state index in [2.05, 4.69) is 10.6 Å². The first-order valence-electron chi connectivity index (χ1n) is 10.5. The molecule has 0 saturated heterocycles. The molecule has 0 fully saturated rings. The van der Waals surface area contributed by atoms with E-state index in [0.29, 0.717) is 17.8 Å². The second-order valence-corrected chi connectivity index (χ2v) is 7.94. The number of rotatable bonds is 8. The molecule has 0 unspecified atom stereocenters. The predicted molar refractivity (Wildman–Crippen MR) is 127 cm³/mol. The molecule has 0 aliphatic carbocycles. The van der Waals surface area contributed by atoms with Crippen LogP contribution in [0.5, 0.6) is 0 Å². The first kappa shape index (κ1) is 22.3. The highest BCUT2D eigenvalue weighted by Gasteiger charge is 2.37. The number of hydrogen-bond donors (Lipinski definition) is 2. The number of nitrogens with one attached hydrogen (secondary N) is 2. The van der Waals surface area contributed by atoms with Crippen LogP contribution in [0.2, 0.25) is 0 Å². The minimum absolute atomic E-state index is 0.0256. The quantitative estimate of drug-likeness (QED) is 0.497. The van der Waals surface area contributed by atoms with Crippen LogP contribution in [0.25, 0.3) is 0 Å². The molecule has 0 spiro atoms. The smallest absolute Gasteiger partial charge is 0.279 e. The highest BCUT2D eigenvalue weighted by atomic mass is 35.5. The van der Waals surface area contributed by atoms with Gasteiger partial charge in [0.05, 0.1) is 6.54 Å². The van der Waals surface area contributed by atoms with E-state index in [1.165, 1.54) is 0 Å². The molecule has 6 nitrogen and oxygen atoms in total.